The van der Waals surface area contributed by atoms with E-state index in [-0.39, 0.29) is 0 Å². The van der Waals surface area contributed by atoms with Gasteiger partial charge in [0.25, 0.3) is 0 Å². The van der Waals surface area contributed by atoms with Gasteiger partial charge >= 0.3 is 0 Å². The van der Waals surface area contributed by atoms with Crippen LogP contribution in [0.4, 0.5) is 0 Å². The number of likely N-dealkylation sites (tertiary alicyclic amines) is 1. The van der Waals surface area contributed by atoms with Crippen LogP contribution in [-0.2, 0) is 0 Å². The number of hydrogen-bond donors (Lipinski definition) is 0. The van der Waals surface area contributed by atoms with E-state index < -0.39 is 0 Å². The standard InChI is InChI=1S/C9H20N2/c1-8(10(2)3)9-5-6-11(4)7-9/h8-9H,5-7H2,1-4H3. The largest absolute Gasteiger partial charge is 0.306 e. The SMILES string of the molecule is CC(C1CCN(C)C1)N(C)C. The fraction of sp³-hybridized carbons (Fsp3) is 1.00. The third kappa shape index (κ3) is 2.17. The van der Waals surface area contributed by atoms with Gasteiger partial charge in [-0.3, -0.25) is 0 Å². The van der Waals surface area contributed by atoms with Crippen LogP contribution in [-0.4, -0.2) is 50.1 Å². The van der Waals surface area contributed by atoms with Crippen LogP contribution < -0.4 is 0 Å². The Balaban J connectivity index is 2.36. The molecule has 1 saturated heterocycles. The van der Waals surface area contributed by atoms with Crippen molar-refractivity contribution in [3.8, 4) is 0 Å². The van der Waals surface area contributed by atoms with Crippen LogP contribution in [0.5, 0.6) is 0 Å². The summed E-state index contributed by atoms with van der Waals surface area (Å²) in [6, 6.07) is 0.736. The van der Waals surface area contributed by atoms with Gasteiger partial charge in [-0.2, -0.15) is 0 Å². The van der Waals surface area contributed by atoms with E-state index in [9.17, 15) is 0 Å². The van der Waals surface area contributed by atoms with Crippen LogP contribution >= 0.6 is 0 Å². The van der Waals surface area contributed by atoms with E-state index in [2.05, 4.69) is 37.9 Å². The van der Waals surface area contributed by atoms with Crippen LogP contribution in [0.25, 0.3) is 0 Å². The summed E-state index contributed by atoms with van der Waals surface area (Å²) in [5, 5.41) is 0. The molecule has 1 aliphatic rings. The van der Waals surface area contributed by atoms with Gasteiger partial charge < -0.3 is 9.80 Å². The van der Waals surface area contributed by atoms with Crippen LogP contribution in [0.3, 0.4) is 0 Å². The second-order valence-corrected chi connectivity index (χ2v) is 4.02. The lowest BCUT2D eigenvalue weighted by molar-refractivity contribution is 0.227. The molecule has 0 amide bonds. The van der Waals surface area contributed by atoms with Crippen LogP contribution in [0.1, 0.15) is 13.3 Å². The second-order valence-electron chi connectivity index (χ2n) is 4.02. The van der Waals surface area contributed by atoms with Crippen molar-refractivity contribution in [2.24, 2.45) is 5.92 Å². The van der Waals surface area contributed by atoms with Gasteiger partial charge in [0.1, 0.15) is 0 Å². The highest BCUT2D eigenvalue weighted by Crippen LogP contribution is 2.20. The number of hydrogen-bond acceptors (Lipinski definition) is 2. The summed E-state index contributed by atoms with van der Waals surface area (Å²) in [7, 11) is 6.55. The summed E-state index contributed by atoms with van der Waals surface area (Å²) in [4.78, 5) is 4.74. The van der Waals surface area contributed by atoms with Crippen molar-refractivity contribution in [2.75, 3.05) is 34.2 Å². The number of nitrogens with zero attached hydrogens (tertiary/aromatic N) is 2. The molecule has 2 unspecified atom stereocenters. The molecule has 0 radical (unpaired) electrons. The molecule has 0 saturated carbocycles. The van der Waals surface area contributed by atoms with E-state index in [1.54, 1.807) is 0 Å². The predicted octanol–water partition coefficient (Wildman–Crippen LogP) is 0.888. The van der Waals surface area contributed by atoms with E-state index >= 15 is 0 Å². The van der Waals surface area contributed by atoms with Crippen LogP contribution in [0, 0.1) is 5.92 Å². The zero-order valence-corrected chi connectivity index (χ0v) is 8.17. The van der Waals surface area contributed by atoms with Gasteiger partial charge in [-0.25, -0.2) is 0 Å². The minimum Gasteiger partial charge on any atom is -0.306 e. The third-order valence-corrected chi connectivity index (χ3v) is 2.92. The highest BCUT2D eigenvalue weighted by atomic mass is 15.2. The summed E-state index contributed by atoms with van der Waals surface area (Å²) >= 11 is 0. The molecule has 0 bridgehead atoms. The van der Waals surface area contributed by atoms with Gasteiger partial charge in [-0.05, 0) is 47.0 Å². The Morgan fingerprint density at radius 2 is 2.09 bits per heavy atom. The molecule has 0 aliphatic carbocycles. The van der Waals surface area contributed by atoms with Gasteiger partial charge in [-0.1, -0.05) is 0 Å². The fourth-order valence-electron chi connectivity index (χ4n) is 1.78. The maximum absolute atomic E-state index is 2.42. The average Bonchev–Trinajstić information content (AvgIpc) is 2.34. The Morgan fingerprint density at radius 1 is 1.45 bits per heavy atom. The maximum atomic E-state index is 2.42. The summed E-state index contributed by atoms with van der Waals surface area (Å²) in [6.07, 6.45) is 1.37. The fourth-order valence-corrected chi connectivity index (χ4v) is 1.78. The van der Waals surface area contributed by atoms with Gasteiger partial charge in [0.05, 0.1) is 0 Å². The van der Waals surface area contributed by atoms with Crippen molar-refractivity contribution in [1.29, 1.82) is 0 Å². The first-order valence-corrected chi connectivity index (χ1v) is 4.46. The van der Waals surface area contributed by atoms with Crippen molar-refractivity contribution < 1.29 is 0 Å². The first-order valence-electron chi connectivity index (χ1n) is 4.46. The molecule has 0 aromatic rings. The molecule has 2 atom stereocenters. The van der Waals surface area contributed by atoms with E-state index in [1.807, 2.05) is 0 Å². The molecule has 1 fully saturated rings. The minimum absolute atomic E-state index is 0.736. The molecule has 0 N–H and O–H groups in total. The van der Waals surface area contributed by atoms with E-state index in [0.29, 0.717) is 0 Å². The molecule has 1 aliphatic heterocycles. The molecule has 0 spiro atoms. The second kappa shape index (κ2) is 3.55. The lowest BCUT2D eigenvalue weighted by Gasteiger charge is -2.25. The van der Waals surface area contributed by atoms with Crippen molar-refractivity contribution in [3.63, 3.8) is 0 Å². The lowest BCUT2D eigenvalue weighted by Crippen LogP contribution is -2.33. The minimum atomic E-state index is 0.736. The molecule has 66 valence electrons. The Hall–Kier alpha value is -0.0800. The van der Waals surface area contributed by atoms with E-state index in [0.717, 1.165) is 12.0 Å². The van der Waals surface area contributed by atoms with Crippen molar-refractivity contribution in [1.82, 2.24) is 9.80 Å². The zero-order chi connectivity index (χ0) is 8.43. The zero-order valence-electron chi connectivity index (χ0n) is 8.17. The van der Waals surface area contributed by atoms with Gasteiger partial charge in [0.15, 0.2) is 0 Å². The van der Waals surface area contributed by atoms with Gasteiger partial charge in [-0.15, -0.1) is 0 Å². The molecular weight excluding hydrogens is 136 g/mol. The highest BCUT2D eigenvalue weighted by molar-refractivity contribution is 4.80. The monoisotopic (exact) mass is 156 g/mol. The molecular formula is C9H20N2. The van der Waals surface area contributed by atoms with Crippen molar-refractivity contribution in [3.05, 3.63) is 0 Å². The first kappa shape index (κ1) is 9.01. The van der Waals surface area contributed by atoms with Gasteiger partial charge in [0.2, 0.25) is 0 Å². The summed E-state index contributed by atoms with van der Waals surface area (Å²) in [5.74, 6) is 0.884. The Kier molecular flexibility index (Phi) is 2.90. The first-order chi connectivity index (χ1) is 5.11. The molecule has 0 aromatic carbocycles. The van der Waals surface area contributed by atoms with E-state index in [4.69, 9.17) is 0 Å². The molecule has 2 nitrogen and oxygen atoms in total. The lowest BCUT2D eigenvalue weighted by atomic mass is 10.00. The Bertz CT molecular complexity index is 123. The van der Waals surface area contributed by atoms with Crippen LogP contribution in [0.15, 0.2) is 0 Å². The average molecular weight is 156 g/mol. The van der Waals surface area contributed by atoms with Gasteiger partial charge in [0, 0.05) is 12.6 Å². The molecule has 1 rings (SSSR count). The van der Waals surface area contributed by atoms with Crippen LogP contribution in [0.2, 0.25) is 0 Å². The van der Waals surface area contributed by atoms with Crippen molar-refractivity contribution in [2.45, 2.75) is 19.4 Å². The normalized spacial score (nSPS) is 29.7. The Labute approximate surface area is 70.2 Å². The summed E-state index contributed by atoms with van der Waals surface area (Å²) in [6.45, 7) is 4.88. The highest BCUT2D eigenvalue weighted by Gasteiger charge is 2.25. The third-order valence-electron chi connectivity index (χ3n) is 2.92. The molecule has 0 aromatic heterocycles. The molecule has 1 heterocycles. The summed E-state index contributed by atoms with van der Waals surface area (Å²) < 4.78 is 0. The smallest absolute Gasteiger partial charge is 0.0102 e. The quantitative estimate of drug-likeness (QED) is 0.586. The van der Waals surface area contributed by atoms with E-state index in [1.165, 1.54) is 19.5 Å². The molecule has 2 heteroatoms. The molecule has 11 heavy (non-hydrogen) atoms. The Morgan fingerprint density at radius 3 is 2.45 bits per heavy atom. The topological polar surface area (TPSA) is 6.48 Å². The maximum Gasteiger partial charge on any atom is 0.0102 e. The predicted molar refractivity (Wildman–Crippen MR) is 48.8 cm³/mol. The van der Waals surface area contributed by atoms with Crippen molar-refractivity contribution >= 4 is 0 Å². The number of rotatable bonds is 2. The summed E-state index contributed by atoms with van der Waals surface area (Å²) in [5.41, 5.74) is 0.